The third-order valence-electron chi connectivity index (χ3n) is 7.02. The summed E-state index contributed by atoms with van der Waals surface area (Å²) in [4.78, 5) is 36.3. The molecule has 3 aromatic rings. The van der Waals surface area contributed by atoms with Gasteiger partial charge in [0.15, 0.2) is 0 Å². The number of pyridine rings is 1. The van der Waals surface area contributed by atoms with Crippen molar-refractivity contribution in [3.8, 4) is 0 Å². The van der Waals surface area contributed by atoms with Gasteiger partial charge in [0.1, 0.15) is 5.00 Å². The van der Waals surface area contributed by atoms with Gasteiger partial charge in [0.25, 0.3) is 11.8 Å². The average molecular weight is 475 g/mol. The summed E-state index contributed by atoms with van der Waals surface area (Å²) >= 11 is 1.57. The fourth-order valence-corrected chi connectivity index (χ4v) is 6.22. The Balaban J connectivity index is 1.37. The smallest absolute Gasteiger partial charge is 0.257 e. The van der Waals surface area contributed by atoms with Crippen LogP contribution in [0, 0.1) is 13.8 Å². The van der Waals surface area contributed by atoms with Gasteiger partial charge in [-0.3, -0.25) is 14.6 Å². The minimum atomic E-state index is -0.222. The Morgan fingerprint density at radius 2 is 1.79 bits per heavy atom. The zero-order chi connectivity index (χ0) is 23.7. The fourth-order valence-electron chi connectivity index (χ4n) is 4.94. The van der Waals surface area contributed by atoms with Crippen molar-refractivity contribution < 1.29 is 9.59 Å². The SMILES string of the molecule is Cc1cccc(N2CCN(C(=O)c3c(NC(=O)c4cccnc4)sc4c3CCCC4)CC2)c1C. The molecule has 176 valence electrons. The molecule has 6 nitrogen and oxygen atoms in total. The van der Waals surface area contributed by atoms with Crippen molar-refractivity contribution in [1.82, 2.24) is 9.88 Å². The average Bonchev–Trinajstić information content (AvgIpc) is 3.23. The van der Waals surface area contributed by atoms with Crippen molar-refractivity contribution in [2.75, 3.05) is 36.4 Å². The molecule has 1 aliphatic heterocycles. The molecule has 7 heteroatoms. The minimum Gasteiger partial charge on any atom is -0.368 e. The van der Waals surface area contributed by atoms with Crippen LogP contribution in [0.2, 0.25) is 0 Å². The Bertz CT molecular complexity index is 1210. The number of benzene rings is 1. The van der Waals surface area contributed by atoms with E-state index in [2.05, 4.69) is 47.2 Å². The normalized spacial score (nSPS) is 15.7. The number of fused-ring (bicyclic) bond motifs is 1. The van der Waals surface area contributed by atoms with Gasteiger partial charge in [-0.25, -0.2) is 0 Å². The molecule has 5 rings (SSSR count). The van der Waals surface area contributed by atoms with Crippen LogP contribution >= 0.6 is 11.3 Å². The lowest BCUT2D eigenvalue weighted by Gasteiger charge is -2.37. The number of aromatic nitrogens is 1. The molecule has 34 heavy (non-hydrogen) atoms. The van der Waals surface area contributed by atoms with Crippen molar-refractivity contribution >= 4 is 33.8 Å². The van der Waals surface area contributed by atoms with Crippen LogP contribution in [0.25, 0.3) is 0 Å². The third kappa shape index (κ3) is 4.32. The lowest BCUT2D eigenvalue weighted by atomic mass is 9.94. The summed E-state index contributed by atoms with van der Waals surface area (Å²) in [6, 6.07) is 9.89. The van der Waals surface area contributed by atoms with Gasteiger partial charge in [0, 0.05) is 49.1 Å². The molecular formula is C27H30N4O2S. The molecule has 1 aliphatic carbocycles. The van der Waals surface area contributed by atoms with Gasteiger partial charge in [-0.15, -0.1) is 11.3 Å². The molecule has 3 heterocycles. The first-order chi connectivity index (χ1) is 16.5. The maximum atomic E-state index is 13.8. The molecule has 1 aromatic carbocycles. The number of piperazine rings is 1. The molecular weight excluding hydrogens is 444 g/mol. The Morgan fingerprint density at radius 3 is 2.56 bits per heavy atom. The predicted molar refractivity (Wildman–Crippen MR) is 137 cm³/mol. The zero-order valence-corrected chi connectivity index (χ0v) is 20.6. The van der Waals surface area contributed by atoms with E-state index in [0.717, 1.165) is 44.3 Å². The highest BCUT2D eigenvalue weighted by Gasteiger charge is 2.31. The number of anilines is 2. The number of aryl methyl sites for hydroxylation is 2. The van der Waals surface area contributed by atoms with Gasteiger partial charge < -0.3 is 15.1 Å². The Kier molecular flexibility index (Phi) is 6.37. The summed E-state index contributed by atoms with van der Waals surface area (Å²) in [5.74, 6) is -0.179. The van der Waals surface area contributed by atoms with Crippen molar-refractivity contribution in [2.24, 2.45) is 0 Å². The number of hydrogen-bond donors (Lipinski definition) is 1. The van der Waals surface area contributed by atoms with Gasteiger partial charge in [-0.05, 0) is 74.4 Å². The maximum Gasteiger partial charge on any atom is 0.257 e. The van der Waals surface area contributed by atoms with E-state index >= 15 is 0 Å². The van der Waals surface area contributed by atoms with Crippen LogP contribution in [-0.4, -0.2) is 47.9 Å². The molecule has 0 unspecified atom stereocenters. The number of nitrogens with zero attached hydrogens (tertiary/aromatic N) is 3. The molecule has 0 bridgehead atoms. The molecule has 0 spiro atoms. The number of hydrogen-bond acceptors (Lipinski definition) is 5. The van der Waals surface area contributed by atoms with Crippen LogP contribution < -0.4 is 10.2 Å². The lowest BCUT2D eigenvalue weighted by molar-refractivity contribution is 0.0747. The molecule has 2 aliphatic rings. The number of carbonyl (C=O) groups excluding carboxylic acids is 2. The van der Waals surface area contributed by atoms with E-state index in [-0.39, 0.29) is 11.8 Å². The van der Waals surface area contributed by atoms with E-state index in [1.807, 2.05) is 4.90 Å². The van der Waals surface area contributed by atoms with E-state index in [0.29, 0.717) is 29.2 Å². The highest BCUT2D eigenvalue weighted by atomic mass is 32.1. The van der Waals surface area contributed by atoms with Crippen molar-refractivity contribution in [3.63, 3.8) is 0 Å². The molecule has 2 amide bonds. The molecule has 1 saturated heterocycles. The number of amides is 2. The van der Waals surface area contributed by atoms with E-state index < -0.39 is 0 Å². The van der Waals surface area contributed by atoms with Crippen LogP contribution in [0.3, 0.4) is 0 Å². The van der Waals surface area contributed by atoms with E-state index in [1.54, 1.807) is 35.9 Å². The lowest BCUT2D eigenvalue weighted by Crippen LogP contribution is -2.49. The van der Waals surface area contributed by atoms with Crippen molar-refractivity contribution in [3.05, 3.63) is 75.4 Å². The summed E-state index contributed by atoms with van der Waals surface area (Å²) in [7, 11) is 0. The second-order valence-corrected chi connectivity index (χ2v) is 10.2. The van der Waals surface area contributed by atoms with Gasteiger partial charge in [0.05, 0.1) is 11.1 Å². The first kappa shape index (κ1) is 22.6. The van der Waals surface area contributed by atoms with Crippen LogP contribution in [-0.2, 0) is 12.8 Å². The van der Waals surface area contributed by atoms with Crippen LogP contribution in [0.5, 0.6) is 0 Å². The first-order valence-electron chi connectivity index (χ1n) is 12.0. The predicted octanol–water partition coefficient (Wildman–Crippen LogP) is 4.85. The second-order valence-electron chi connectivity index (χ2n) is 9.11. The number of thiophene rings is 1. The summed E-state index contributed by atoms with van der Waals surface area (Å²) in [6.45, 7) is 7.26. The highest BCUT2D eigenvalue weighted by molar-refractivity contribution is 7.17. The largest absolute Gasteiger partial charge is 0.368 e. The Labute approximate surface area is 204 Å². The molecule has 0 saturated carbocycles. The minimum absolute atomic E-state index is 0.0431. The topological polar surface area (TPSA) is 65.5 Å². The van der Waals surface area contributed by atoms with Gasteiger partial charge >= 0.3 is 0 Å². The summed E-state index contributed by atoms with van der Waals surface area (Å²) in [5.41, 5.74) is 6.18. The van der Waals surface area contributed by atoms with Crippen molar-refractivity contribution in [1.29, 1.82) is 0 Å². The van der Waals surface area contributed by atoms with Crippen LogP contribution in [0.1, 0.15) is 55.1 Å². The molecule has 2 aromatic heterocycles. The Morgan fingerprint density at radius 1 is 1.00 bits per heavy atom. The summed E-state index contributed by atoms with van der Waals surface area (Å²) in [5, 5.41) is 3.72. The fraction of sp³-hybridized carbons (Fsp3) is 0.370. The first-order valence-corrected chi connectivity index (χ1v) is 12.8. The monoisotopic (exact) mass is 474 g/mol. The number of nitrogens with one attached hydrogen (secondary N) is 1. The van der Waals surface area contributed by atoms with Crippen molar-refractivity contribution in [2.45, 2.75) is 39.5 Å². The molecule has 0 radical (unpaired) electrons. The molecule has 1 N–H and O–H groups in total. The highest BCUT2D eigenvalue weighted by Crippen LogP contribution is 2.39. The van der Waals surface area contributed by atoms with E-state index in [9.17, 15) is 9.59 Å². The summed E-state index contributed by atoms with van der Waals surface area (Å²) < 4.78 is 0. The number of rotatable bonds is 4. The third-order valence-corrected chi connectivity index (χ3v) is 8.23. The maximum absolute atomic E-state index is 13.8. The summed E-state index contributed by atoms with van der Waals surface area (Å²) in [6.07, 6.45) is 7.29. The van der Waals surface area contributed by atoms with Gasteiger partial charge in [-0.1, -0.05) is 12.1 Å². The Hall–Kier alpha value is -3.19. The van der Waals surface area contributed by atoms with Crippen LogP contribution in [0.4, 0.5) is 10.7 Å². The number of carbonyl (C=O) groups is 2. The van der Waals surface area contributed by atoms with E-state index in [4.69, 9.17) is 0 Å². The van der Waals surface area contributed by atoms with Crippen LogP contribution in [0.15, 0.2) is 42.7 Å². The molecule has 0 atom stereocenters. The zero-order valence-electron chi connectivity index (χ0n) is 19.8. The molecule has 1 fully saturated rings. The van der Waals surface area contributed by atoms with Gasteiger partial charge in [-0.2, -0.15) is 0 Å². The second kappa shape index (κ2) is 9.58. The van der Waals surface area contributed by atoms with E-state index in [1.165, 1.54) is 21.7 Å². The standard InChI is InChI=1S/C27H30N4O2S/c1-18-7-5-10-22(19(18)2)30-13-15-31(16-14-30)27(33)24-21-9-3-4-11-23(21)34-26(24)29-25(32)20-8-6-12-28-17-20/h5-8,10,12,17H,3-4,9,11,13-16H2,1-2H3,(H,29,32). The quantitative estimate of drug-likeness (QED) is 0.587. The van der Waals surface area contributed by atoms with Gasteiger partial charge in [0.2, 0.25) is 0 Å².